The van der Waals surface area contributed by atoms with Crippen LogP contribution < -0.4 is 5.32 Å². The molecule has 24 heavy (non-hydrogen) atoms. The number of anilines is 1. The van der Waals surface area contributed by atoms with E-state index in [9.17, 15) is 4.39 Å². The summed E-state index contributed by atoms with van der Waals surface area (Å²) in [5, 5.41) is 3.39. The number of hydrogen-bond acceptors (Lipinski definition) is 4. The Labute approximate surface area is 143 Å². The van der Waals surface area contributed by atoms with Crippen LogP contribution in [0.4, 0.5) is 10.2 Å². The second kappa shape index (κ2) is 7.26. The summed E-state index contributed by atoms with van der Waals surface area (Å²) < 4.78 is 14.2. The summed E-state index contributed by atoms with van der Waals surface area (Å²) in [6.07, 6.45) is 4.43. The lowest BCUT2D eigenvalue weighted by Crippen LogP contribution is -2.14. The third-order valence-electron chi connectivity index (χ3n) is 4.36. The van der Waals surface area contributed by atoms with Gasteiger partial charge in [0.1, 0.15) is 17.5 Å². The molecule has 1 aromatic heterocycles. The summed E-state index contributed by atoms with van der Waals surface area (Å²) >= 11 is 0. The van der Waals surface area contributed by atoms with Gasteiger partial charge in [-0.2, -0.15) is 0 Å². The van der Waals surface area contributed by atoms with E-state index in [2.05, 4.69) is 15.3 Å². The largest absolute Gasteiger partial charge is 0.366 e. The van der Waals surface area contributed by atoms with Crippen LogP contribution in [-0.2, 0) is 25.9 Å². The Kier molecular flexibility index (Phi) is 5.09. The minimum atomic E-state index is -0.149. The van der Waals surface area contributed by atoms with Gasteiger partial charge in [-0.05, 0) is 58.3 Å². The molecule has 0 radical (unpaired) electrons. The van der Waals surface area contributed by atoms with Crippen molar-refractivity contribution in [2.45, 2.75) is 45.7 Å². The van der Waals surface area contributed by atoms with Gasteiger partial charge in [-0.25, -0.2) is 14.4 Å². The van der Waals surface area contributed by atoms with Gasteiger partial charge in [-0.1, -0.05) is 12.1 Å². The number of hydrogen-bond donors (Lipinski definition) is 1. The van der Waals surface area contributed by atoms with Crippen molar-refractivity contribution in [3.8, 4) is 0 Å². The van der Waals surface area contributed by atoms with Crippen LogP contribution in [0.5, 0.6) is 0 Å². The first-order valence-electron chi connectivity index (χ1n) is 8.55. The van der Waals surface area contributed by atoms with Crippen molar-refractivity contribution in [1.82, 2.24) is 14.9 Å². The van der Waals surface area contributed by atoms with E-state index in [0.29, 0.717) is 13.1 Å². The molecule has 1 aliphatic carbocycles. The molecule has 4 nitrogen and oxygen atoms in total. The predicted octanol–water partition coefficient (Wildman–Crippen LogP) is 3.48. The van der Waals surface area contributed by atoms with E-state index < -0.39 is 0 Å². The number of benzene rings is 1. The van der Waals surface area contributed by atoms with Crippen LogP contribution in [0.2, 0.25) is 0 Å². The van der Waals surface area contributed by atoms with Crippen molar-refractivity contribution < 1.29 is 4.39 Å². The molecule has 0 bridgehead atoms. The zero-order valence-electron chi connectivity index (χ0n) is 14.7. The quantitative estimate of drug-likeness (QED) is 0.912. The Balaban J connectivity index is 1.74. The molecular weight excluding hydrogens is 303 g/mol. The minimum Gasteiger partial charge on any atom is -0.366 e. The van der Waals surface area contributed by atoms with Crippen molar-refractivity contribution in [1.29, 1.82) is 0 Å². The van der Waals surface area contributed by atoms with Gasteiger partial charge in [0.05, 0.1) is 0 Å². The van der Waals surface area contributed by atoms with Crippen LogP contribution in [0.25, 0.3) is 0 Å². The molecule has 3 rings (SSSR count). The molecule has 128 valence electrons. The fourth-order valence-electron chi connectivity index (χ4n) is 3.22. The van der Waals surface area contributed by atoms with E-state index in [1.165, 1.54) is 24.1 Å². The minimum absolute atomic E-state index is 0.149. The summed E-state index contributed by atoms with van der Waals surface area (Å²) in [5.41, 5.74) is 4.05. The van der Waals surface area contributed by atoms with Gasteiger partial charge in [0.15, 0.2) is 0 Å². The molecule has 0 aliphatic heterocycles. The van der Waals surface area contributed by atoms with E-state index >= 15 is 0 Å². The number of nitrogens with one attached hydrogen (secondary N) is 1. The summed E-state index contributed by atoms with van der Waals surface area (Å²) in [7, 11) is 3.88. The van der Waals surface area contributed by atoms with E-state index in [1.54, 1.807) is 6.07 Å². The summed E-state index contributed by atoms with van der Waals surface area (Å²) in [5.74, 6) is 1.56. The molecule has 2 aromatic rings. The second-order valence-electron chi connectivity index (χ2n) is 6.77. The third-order valence-corrected chi connectivity index (χ3v) is 4.36. The summed E-state index contributed by atoms with van der Waals surface area (Å²) in [4.78, 5) is 11.1. The number of fused-ring (bicyclic) bond motifs is 1. The van der Waals surface area contributed by atoms with Crippen LogP contribution in [0.15, 0.2) is 18.2 Å². The average Bonchev–Trinajstić information content (AvgIpc) is 2.54. The van der Waals surface area contributed by atoms with E-state index in [-0.39, 0.29) is 5.82 Å². The van der Waals surface area contributed by atoms with Gasteiger partial charge >= 0.3 is 0 Å². The maximum Gasteiger partial charge on any atom is 0.133 e. The lowest BCUT2D eigenvalue weighted by molar-refractivity contribution is 0.392. The van der Waals surface area contributed by atoms with Crippen LogP contribution in [0.3, 0.4) is 0 Å². The smallest absolute Gasteiger partial charge is 0.133 e. The van der Waals surface area contributed by atoms with Crippen molar-refractivity contribution >= 4 is 5.82 Å². The lowest BCUT2D eigenvalue weighted by Gasteiger charge is -2.19. The van der Waals surface area contributed by atoms with Gasteiger partial charge in [-0.3, -0.25) is 0 Å². The van der Waals surface area contributed by atoms with Gasteiger partial charge in [0.2, 0.25) is 0 Å². The number of aromatic nitrogens is 2. The molecule has 5 heteroatoms. The maximum absolute atomic E-state index is 14.2. The Morgan fingerprint density at radius 2 is 1.96 bits per heavy atom. The fraction of sp³-hybridized carbons (Fsp3) is 0.474. The Morgan fingerprint density at radius 3 is 2.71 bits per heavy atom. The SMILES string of the molecule is Cc1nc2c(c(NCc3ccc(CN(C)C)c(F)c3)n1)CCCC2. The van der Waals surface area contributed by atoms with E-state index in [0.717, 1.165) is 35.6 Å². The van der Waals surface area contributed by atoms with E-state index in [4.69, 9.17) is 0 Å². The Hall–Kier alpha value is -2.01. The van der Waals surface area contributed by atoms with Crippen LogP contribution in [0, 0.1) is 12.7 Å². The zero-order chi connectivity index (χ0) is 17.1. The summed E-state index contributed by atoms with van der Waals surface area (Å²) in [6, 6.07) is 5.47. The molecule has 0 fully saturated rings. The van der Waals surface area contributed by atoms with Gasteiger partial charge < -0.3 is 10.2 Å². The van der Waals surface area contributed by atoms with Gasteiger partial charge in [-0.15, -0.1) is 0 Å². The highest BCUT2D eigenvalue weighted by atomic mass is 19.1. The zero-order valence-corrected chi connectivity index (χ0v) is 14.7. The first-order chi connectivity index (χ1) is 11.5. The normalized spacial score (nSPS) is 13.9. The molecule has 1 heterocycles. The summed E-state index contributed by atoms with van der Waals surface area (Å²) in [6.45, 7) is 3.11. The molecular formula is C19H25FN4. The second-order valence-corrected chi connectivity index (χ2v) is 6.77. The lowest BCUT2D eigenvalue weighted by atomic mass is 9.96. The van der Waals surface area contributed by atoms with Crippen LogP contribution in [0.1, 0.15) is 41.1 Å². The molecule has 1 aliphatic rings. The number of aryl methyl sites for hydroxylation is 2. The number of halogens is 1. The predicted molar refractivity (Wildman–Crippen MR) is 94.5 cm³/mol. The monoisotopic (exact) mass is 328 g/mol. The molecule has 0 saturated heterocycles. The van der Waals surface area contributed by atoms with Crippen molar-refractivity contribution in [2.75, 3.05) is 19.4 Å². The molecule has 0 unspecified atom stereocenters. The number of nitrogens with zero attached hydrogens (tertiary/aromatic N) is 3. The van der Waals surface area contributed by atoms with Gasteiger partial charge in [0, 0.05) is 29.9 Å². The first-order valence-corrected chi connectivity index (χ1v) is 8.55. The van der Waals surface area contributed by atoms with Crippen molar-refractivity contribution in [3.05, 3.63) is 52.2 Å². The Morgan fingerprint density at radius 1 is 1.17 bits per heavy atom. The topological polar surface area (TPSA) is 41.1 Å². The standard InChI is InChI=1S/C19H25FN4/c1-13-22-18-7-5-4-6-16(18)19(23-13)21-11-14-8-9-15(12-24(2)3)17(20)10-14/h8-10H,4-7,11-12H2,1-3H3,(H,21,22,23). The molecule has 0 spiro atoms. The van der Waals surface area contributed by atoms with E-state index in [1.807, 2.05) is 38.1 Å². The number of rotatable bonds is 5. The fourth-order valence-corrected chi connectivity index (χ4v) is 3.22. The van der Waals surface area contributed by atoms with Crippen molar-refractivity contribution in [2.24, 2.45) is 0 Å². The van der Waals surface area contributed by atoms with Crippen LogP contribution in [-0.4, -0.2) is 29.0 Å². The van der Waals surface area contributed by atoms with Gasteiger partial charge in [0.25, 0.3) is 0 Å². The molecule has 0 amide bonds. The molecule has 0 saturated carbocycles. The van der Waals surface area contributed by atoms with Crippen molar-refractivity contribution in [3.63, 3.8) is 0 Å². The van der Waals surface area contributed by atoms with Crippen LogP contribution >= 0.6 is 0 Å². The third kappa shape index (κ3) is 3.90. The molecule has 1 aromatic carbocycles. The molecule has 1 N–H and O–H groups in total. The highest BCUT2D eigenvalue weighted by Gasteiger charge is 2.16. The highest BCUT2D eigenvalue weighted by molar-refractivity contribution is 5.48. The molecule has 0 atom stereocenters. The highest BCUT2D eigenvalue weighted by Crippen LogP contribution is 2.26. The maximum atomic E-state index is 14.2. The first kappa shape index (κ1) is 16.8. The average molecular weight is 328 g/mol. The Bertz CT molecular complexity index is 728.